The van der Waals surface area contributed by atoms with E-state index in [1.807, 2.05) is 10.9 Å². The minimum absolute atomic E-state index is 0.0500. The summed E-state index contributed by atoms with van der Waals surface area (Å²) in [6.45, 7) is 4.96. The predicted molar refractivity (Wildman–Crippen MR) is 87.5 cm³/mol. The molecule has 0 bridgehead atoms. The second-order valence-electron chi connectivity index (χ2n) is 7.07. The highest BCUT2D eigenvalue weighted by Crippen LogP contribution is 2.38. The average Bonchev–Trinajstić information content (AvgIpc) is 3.06. The van der Waals surface area contributed by atoms with Gasteiger partial charge in [-0.2, -0.15) is 10.1 Å². The third-order valence-corrected chi connectivity index (χ3v) is 4.75. The van der Waals surface area contributed by atoms with Gasteiger partial charge < -0.3 is 14.6 Å². The van der Waals surface area contributed by atoms with Crippen LogP contribution < -0.4 is 5.32 Å². The SMILES string of the molecule is CC(C)n1cc([C@@H]2OCC[C@H]2C(=O)NCc2nc(C3CC3)no2)cn1. The number of ether oxygens (including phenoxy) is 1. The largest absolute Gasteiger partial charge is 0.373 e. The highest BCUT2D eigenvalue weighted by atomic mass is 16.5. The Morgan fingerprint density at radius 3 is 2.96 bits per heavy atom. The maximum absolute atomic E-state index is 12.6. The van der Waals surface area contributed by atoms with Gasteiger partial charge in [0.25, 0.3) is 0 Å². The van der Waals surface area contributed by atoms with E-state index in [2.05, 4.69) is 34.4 Å². The third kappa shape index (κ3) is 3.44. The van der Waals surface area contributed by atoms with E-state index in [0.29, 0.717) is 24.8 Å². The lowest BCUT2D eigenvalue weighted by atomic mass is 9.96. The Kier molecular flexibility index (Phi) is 4.29. The van der Waals surface area contributed by atoms with E-state index >= 15 is 0 Å². The molecule has 1 aliphatic carbocycles. The Balaban J connectivity index is 1.37. The molecular formula is C17H23N5O3. The summed E-state index contributed by atoms with van der Waals surface area (Å²) in [5.74, 6) is 1.38. The molecular weight excluding hydrogens is 322 g/mol. The fourth-order valence-electron chi connectivity index (χ4n) is 3.11. The number of hydrogen-bond acceptors (Lipinski definition) is 6. The van der Waals surface area contributed by atoms with Gasteiger partial charge in [-0.15, -0.1) is 0 Å². The maximum atomic E-state index is 12.6. The molecule has 1 saturated heterocycles. The van der Waals surface area contributed by atoms with E-state index in [1.54, 1.807) is 6.20 Å². The fourth-order valence-corrected chi connectivity index (χ4v) is 3.11. The van der Waals surface area contributed by atoms with Crippen molar-refractivity contribution in [1.29, 1.82) is 0 Å². The van der Waals surface area contributed by atoms with Crippen LogP contribution in [-0.2, 0) is 16.1 Å². The molecule has 2 aromatic heterocycles. The number of hydrogen-bond donors (Lipinski definition) is 1. The molecule has 2 atom stereocenters. The molecule has 8 nitrogen and oxygen atoms in total. The van der Waals surface area contributed by atoms with Crippen molar-refractivity contribution >= 4 is 5.91 Å². The van der Waals surface area contributed by atoms with Crippen LogP contribution >= 0.6 is 0 Å². The summed E-state index contributed by atoms with van der Waals surface area (Å²) in [6, 6.07) is 0.278. The number of carbonyl (C=O) groups excluding carboxylic acids is 1. The molecule has 0 radical (unpaired) electrons. The van der Waals surface area contributed by atoms with Crippen LogP contribution in [0.4, 0.5) is 0 Å². The lowest BCUT2D eigenvalue weighted by Crippen LogP contribution is -2.32. The van der Waals surface area contributed by atoms with E-state index in [-0.39, 0.29) is 30.5 Å². The van der Waals surface area contributed by atoms with Crippen molar-refractivity contribution < 1.29 is 14.1 Å². The lowest BCUT2D eigenvalue weighted by Gasteiger charge is -2.16. The number of nitrogens with one attached hydrogen (secondary N) is 1. The van der Waals surface area contributed by atoms with Gasteiger partial charge in [0.05, 0.1) is 24.8 Å². The topological polar surface area (TPSA) is 95.1 Å². The second kappa shape index (κ2) is 6.59. The number of carbonyl (C=O) groups is 1. The Hall–Kier alpha value is -2.22. The van der Waals surface area contributed by atoms with Gasteiger partial charge in [0, 0.05) is 30.3 Å². The molecule has 1 aliphatic heterocycles. The van der Waals surface area contributed by atoms with Gasteiger partial charge >= 0.3 is 0 Å². The third-order valence-electron chi connectivity index (χ3n) is 4.75. The molecule has 25 heavy (non-hydrogen) atoms. The van der Waals surface area contributed by atoms with E-state index in [9.17, 15) is 4.79 Å². The van der Waals surface area contributed by atoms with Crippen LogP contribution in [0.15, 0.2) is 16.9 Å². The summed E-state index contributed by atoms with van der Waals surface area (Å²) >= 11 is 0. The van der Waals surface area contributed by atoms with Gasteiger partial charge in [-0.3, -0.25) is 9.48 Å². The number of nitrogens with zero attached hydrogens (tertiary/aromatic N) is 4. The van der Waals surface area contributed by atoms with E-state index in [4.69, 9.17) is 9.26 Å². The van der Waals surface area contributed by atoms with E-state index < -0.39 is 0 Å². The molecule has 1 amide bonds. The zero-order chi connectivity index (χ0) is 17.4. The normalized spacial score (nSPS) is 23.3. The molecule has 2 aliphatic rings. The molecule has 4 rings (SSSR count). The molecule has 0 unspecified atom stereocenters. The van der Waals surface area contributed by atoms with Gasteiger partial charge in [0.1, 0.15) is 0 Å². The van der Waals surface area contributed by atoms with Crippen molar-refractivity contribution in [2.45, 2.75) is 57.7 Å². The van der Waals surface area contributed by atoms with Crippen LogP contribution in [0.1, 0.15) is 68.5 Å². The Morgan fingerprint density at radius 1 is 1.40 bits per heavy atom. The molecule has 0 spiro atoms. The second-order valence-corrected chi connectivity index (χ2v) is 7.07. The summed E-state index contributed by atoms with van der Waals surface area (Å²) < 4.78 is 12.9. The first-order valence-corrected chi connectivity index (χ1v) is 8.87. The van der Waals surface area contributed by atoms with Crippen molar-refractivity contribution in [1.82, 2.24) is 25.2 Å². The summed E-state index contributed by atoms with van der Waals surface area (Å²) in [5, 5.41) is 11.2. The predicted octanol–water partition coefficient (Wildman–Crippen LogP) is 2.12. The van der Waals surface area contributed by atoms with Crippen LogP contribution in [0.3, 0.4) is 0 Å². The Labute approximate surface area is 145 Å². The zero-order valence-electron chi connectivity index (χ0n) is 14.5. The molecule has 1 saturated carbocycles. The molecule has 8 heteroatoms. The quantitative estimate of drug-likeness (QED) is 0.861. The van der Waals surface area contributed by atoms with Gasteiger partial charge in [-0.05, 0) is 33.1 Å². The highest BCUT2D eigenvalue weighted by Gasteiger charge is 2.36. The van der Waals surface area contributed by atoms with E-state index in [0.717, 1.165) is 24.2 Å². The summed E-state index contributed by atoms with van der Waals surface area (Å²) in [4.78, 5) is 16.9. The van der Waals surface area contributed by atoms with Crippen LogP contribution in [0.5, 0.6) is 0 Å². The van der Waals surface area contributed by atoms with Gasteiger partial charge in [0.2, 0.25) is 11.8 Å². The minimum Gasteiger partial charge on any atom is -0.373 e. The van der Waals surface area contributed by atoms with Crippen LogP contribution in [0.25, 0.3) is 0 Å². The Morgan fingerprint density at radius 2 is 2.24 bits per heavy atom. The Bertz CT molecular complexity index is 749. The number of rotatable bonds is 6. The minimum atomic E-state index is -0.253. The smallest absolute Gasteiger partial charge is 0.246 e. The van der Waals surface area contributed by atoms with Crippen molar-refractivity contribution in [3.8, 4) is 0 Å². The average molecular weight is 345 g/mol. The van der Waals surface area contributed by atoms with Gasteiger partial charge in [0.15, 0.2) is 5.82 Å². The van der Waals surface area contributed by atoms with Crippen LogP contribution in [-0.4, -0.2) is 32.4 Å². The number of amides is 1. The van der Waals surface area contributed by atoms with Crippen molar-refractivity contribution in [2.24, 2.45) is 5.92 Å². The highest BCUT2D eigenvalue weighted by molar-refractivity contribution is 5.79. The van der Waals surface area contributed by atoms with Crippen molar-refractivity contribution in [2.75, 3.05) is 6.61 Å². The fraction of sp³-hybridized carbons (Fsp3) is 0.647. The number of aromatic nitrogens is 4. The zero-order valence-corrected chi connectivity index (χ0v) is 14.5. The standard InChI is InChI=1S/C17H23N5O3/c1-10(2)22-9-12(7-19-22)15-13(5-6-24-15)17(23)18-8-14-20-16(21-25-14)11-3-4-11/h7,9-11,13,15H,3-6,8H2,1-2H3,(H,18,23)/t13-,15+/m1/s1. The van der Waals surface area contributed by atoms with Crippen molar-refractivity contribution in [3.63, 3.8) is 0 Å². The summed E-state index contributed by atoms with van der Waals surface area (Å²) in [6.07, 6.45) is 6.43. The van der Waals surface area contributed by atoms with Crippen molar-refractivity contribution in [3.05, 3.63) is 29.7 Å². The molecule has 1 N–H and O–H groups in total. The van der Waals surface area contributed by atoms with Crippen LogP contribution in [0.2, 0.25) is 0 Å². The molecule has 0 aromatic carbocycles. The molecule has 134 valence electrons. The van der Waals surface area contributed by atoms with Gasteiger partial charge in [-0.1, -0.05) is 5.16 Å². The summed E-state index contributed by atoms with van der Waals surface area (Å²) in [5.41, 5.74) is 0.945. The van der Waals surface area contributed by atoms with E-state index in [1.165, 1.54) is 0 Å². The maximum Gasteiger partial charge on any atom is 0.246 e. The summed E-state index contributed by atoms with van der Waals surface area (Å²) in [7, 11) is 0. The van der Waals surface area contributed by atoms with Crippen LogP contribution in [0, 0.1) is 5.92 Å². The monoisotopic (exact) mass is 345 g/mol. The molecule has 2 fully saturated rings. The first-order valence-electron chi connectivity index (χ1n) is 8.87. The first-order chi connectivity index (χ1) is 12.1. The van der Waals surface area contributed by atoms with Gasteiger partial charge in [-0.25, -0.2) is 0 Å². The lowest BCUT2D eigenvalue weighted by molar-refractivity contribution is -0.127. The molecule has 2 aromatic rings. The first kappa shape index (κ1) is 16.3. The molecule has 3 heterocycles.